The third kappa shape index (κ3) is 4.74. The highest BCUT2D eigenvalue weighted by atomic mass is 32.2. The molecule has 2 aromatic rings. The first-order valence-corrected chi connectivity index (χ1v) is 10.9. The highest BCUT2D eigenvalue weighted by Gasteiger charge is 2.34. The van der Waals surface area contributed by atoms with Crippen LogP contribution in [0.15, 0.2) is 42.5 Å². The molecular weight excluding hydrogens is 391 g/mol. The summed E-state index contributed by atoms with van der Waals surface area (Å²) in [5.41, 5.74) is 2.78. The molecule has 29 heavy (non-hydrogen) atoms. The second kappa shape index (κ2) is 9.15. The molecule has 2 aliphatic heterocycles. The van der Waals surface area contributed by atoms with Crippen molar-refractivity contribution in [2.75, 3.05) is 50.1 Å². The molecule has 0 bridgehead atoms. The molecule has 0 saturated carbocycles. The van der Waals surface area contributed by atoms with Crippen LogP contribution in [0.4, 0.5) is 10.1 Å². The zero-order chi connectivity index (χ0) is 20.2. The number of anilines is 1. The minimum Gasteiger partial charge on any atom is -0.492 e. The van der Waals surface area contributed by atoms with Gasteiger partial charge in [0.1, 0.15) is 23.5 Å². The summed E-state index contributed by atoms with van der Waals surface area (Å²) in [4.78, 5) is 16.7. The Labute approximate surface area is 174 Å². The molecule has 0 radical (unpaired) electrons. The number of carbonyl (C=O) groups excluding carboxylic acids is 1. The number of rotatable bonds is 6. The van der Waals surface area contributed by atoms with Gasteiger partial charge in [-0.05, 0) is 48.4 Å². The van der Waals surface area contributed by atoms with E-state index >= 15 is 0 Å². The molecule has 2 aromatic carbocycles. The summed E-state index contributed by atoms with van der Waals surface area (Å²) in [6.45, 7) is 6.94. The third-order valence-electron chi connectivity index (χ3n) is 5.23. The van der Waals surface area contributed by atoms with Crippen LogP contribution >= 0.6 is 11.8 Å². The lowest BCUT2D eigenvalue weighted by Crippen LogP contribution is -2.38. The van der Waals surface area contributed by atoms with Crippen molar-refractivity contribution >= 4 is 23.4 Å². The summed E-state index contributed by atoms with van der Waals surface area (Å²) in [6.07, 6.45) is 0. The molecule has 2 aliphatic rings. The number of benzene rings is 2. The number of morpholine rings is 1. The van der Waals surface area contributed by atoms with Gasteiger partial charge >= 0.3 is 0 Å². The van der Waals surface area contributed by atoms with Crippen molar-refractivity contribution in [3.63, 3.8) is 0 Å². The summed E-state index contributed by atoms with van der Waals surface area (Å²) in [6, 6.07) is 12.2. The van der Waals surface area contributed by atoms with E-state index in [0.29, 0.717) is 12.4 Å². The van der Waals surface area contributed by atoms with Crippen molar-refractivity contribution in [3.05, 3.63) is 59.4 Å². The van der Waals surface area contributed by atoms with Crippen LogP contribution in [0.5, 0.6) is 5.75 Å². The Kier molecular flexibility index (Phi) is 6.37. The maximum Gasteiger partial charge on any atom is 0.238 e. The first kappa shape index (κ1) is 20.2. The Hall–Kier alpha value is -2.09. The van der Waals surface area contributed by atoms with Crippen LogP contribution in [0.2, 0.25) is 0 Å². The zero-order valence-electron chi connectivity index (χ0n) is 16.5. The molecule has 0 aromatic heterocycles. The van der Waals surface area contributed by atoms with E-state index in [2.05, 4.69) is 4.90 Å². The lowest BCUT2D eigenvalue weighted by atomic mass is 10.1. The summed E-state index contributed by atoms with van der Waals surface area (Å²) >= 11 is 1.56. The fourth-order valence-electron chi connectivity index (χ4n) is 3.66. The van der Waals surface area contributed by atoms with E-state index in [1.165, 1.54) is 12.1 Å². The number of ether oxygens (including phenoxy) is 2. The smallest absolute Gasteiger partial charge is 0.238 e. The highest BCUT2D eigenvalue weighted by Crippen LogP contribution is 2.43. The minimum atomic E-state index is -0.274. The molecule has 5 nitrogen and oxygen atoms in total. The number of aryl methyl sites for hydroxylation is 1. The van der Waals surface area contributed by atoms with Gasteiger partial charge in [-0.15, -0.1) is 11.8 Å². The van der Waals surface area contributed by atoms with Crippen LogP contribution in [-0.4, -0.2) is 56.0 Å². The highest BCUT2D eigenvalue weighted by molar-refractivity contribution is 8.00. The number of carbonyl (C=O) groups is 1. The molecule has 0 N–H and O–H groups in total. The summed E-state index contributed by atoms with van der Waals surface area (Å²) in [5, 5.41) is -0.144. The van der Waals surface area contributed by atoms with E-state index in [1.54, 1.807) is 23.9 Å². The van der Waals surface area contributed by atoms with Gasteiger partial charge in [-0.25, -0.2) is 4.39 Å². The number of thioether (sulfide) groups is 1. The molecule has 0 aliphatic carbocycles. The van der Waals surface area contributed by atoms with Crippen molar-refractivity contribution in [2.45, 2.75) is 12.3 Å². The number of halogens is 1. The van der Waals surface area contributed by atoms with Gasteiger partial charge in [0.2, 0.25) is 5.91 Å². The van der Waals surface area contributed by atoms with Gasteiger partial charge in [0, 0.05) is 25.3 Å². The van der Waals surface area contributed by atoms with E-state index in [1.807, 2.05) is 30.0 Å². The van der Waals surface area contributed by atoms with Crippen molar-refractivity contribution in [1.82, 2.24) is 4.90 Å². The Morgan fingerprint density at radius 3 is 2.66 bits per heavy atom. The molecular formula is C22H25FN2O3S. The average Bonchev–Trinajstić information content (AvgIpc) is 3.11. The number of hydrogen-bond acceptors (Lipinski definition) is 5. The van der Waals surface area contributed by atoms with Crippen LogP contribution in [0.25, 0.3) is 0 Å². The molecule has 1 unspecified atom stereocenters. The van der Waals surface area contributed by atoms with Gasteiger partial charge in [-0.2, -0.15) is 0 Å². The fraction of sp³-hybridized carbons (Fsp3) is 0.409. The predicted molar refractivity (Wildman–Crippen MR) is 113 cm³/mol. The monoisotopic (exact) mass is 416 g/mol. The SMILES string of the molecule is Cc1cc(OCCN2CCOCC2)ccc1N1C(=O)CSC1c1ccc(F)cc1. The van der Waals surface area contributed by atoms with E-state index in [9.17, 15) is 9.18 Å². The molecule has 154 valence electrons. The van der Waals surface area contributed by atoms with Gasteiger partial charge in [-0.3, -0.25) is 14.6 Å². The van der Waals surface area contributed by atoms with Crippen molar-refractivity contribution in [1.29, 1.82) is 0 Å². The van der Waals surface area contributed by atoms with E-state index in [0.717, 1.165) is 55.4 Å². The maximum absolute atomic E-state index is 13.3. The fourth-order valence-corrected chi connectivity index (χ4v) is 4.83. The lowest BCUT2D eigenvalue weighted by Gasteiger charge is -2.27. The molecule has 0 spiro atoms. The van der Waals surface area contributed by atoms with Gasteiger partial charge in [-0.1, -0.05) is 12.1 Å². The molecule has 1 amide bonds. The Balaban J connectivity index is 1.44. The second-order valence-electron chi connectivity index (χ2n) is 7.23. The van der Waals surface area contributed by atoms with Gasteiger partial charge in [0.15, 0.2) is 0 Å². The lowest BCUT2D eigenvalue weighted by molar-refractivity contribution is -0.115. The van der Waals surface area contributed by atoms with Crippen LogP contribution in [0.3, 0.4) is 0 Å². The van der Waals surface area contributed by atoms with E-state index in [4.69, 9.17) is 9.47 Å². The van der Waals surface area contributed by atoms with Crippen LogP contribution < -0.4 is 9.64 Å². The topological polar surface area (TPSA) is 42.0 Å². The molecule has 1 atom stereocenters. The van der Waals surface area contributed by atoms with Gasteiger partial charge < -0.3 is 9.47 Å². The normalized spacial score (nSPS) is 20.3. The van der Waals surface area contributed by atoms with Crippen LogP contribution in [-0.2, 0) is 9.53 Å². The van der Waals surface area contributed by atoms with Gasteiger partial charge in [0.05, 0.1) is 19.0 Å². The number of hydrogen-bond donors (Lipinski definition) is 0. The van der Waals surface area contributed by atoms with Crippen LogP contribution in [0.1, 0.15) is 16.5 Å². The Bertz CT molecular complexity index is 856. The first-order valence-electron chi connectivity index (χ1n) is 9.84. The summed E-state index contributed by atoms with van der Waals surface area (Å²) in [7, 11) is 0. The number of nitrogens with zero attached hydrogens (tertiary/aromatic N) is 2. The second-order valence-corrected chi connectivity index (χ2v) is 8.30. The average molecular weight is 417 g/mol. The molecule has 2 saturated heterocycles. The summed E-state index contributed by atoms with van der Waals surface area (Å²) in [5.74, 6) is 1.01. The van der Waals surface area contributed by atoms with Crippen molar-refractivity contribution in [3.8, 4) is 5.75 Å². The zero-order valence-corrected chi connectivity index (χ0v) is 17.3. The Morgan fingerprint density at radius 2 is 1.93 bits per heavy atom. The van der Waals surface area contributed by atoms with E-state index < -0.39 is 0 Å². The standard InChI is InChI=1S/C22H25FN2O3S/c1-16-14-19(28-13-10-24-8-11-27-12-9-24)6-7-20(16)25-21(26)15-29-22(25)17-2-4-18(23)5-3-17/h2-7,14,22H,8-13,15H2,1H3. The molecule has 2 heterocycles. The first-order chi connectivity index (χ1) is 14.1. The van der Waals surface area contributed by atoms with Crippen molar-refractivity contribution in [2.24, 2.45) is 0 Å². The third-order valence-corrected chi connectivity index (χ3v) is 6.44. The maximum atomic E-state index is 13.3. The predicted octanol–water partition coefficient (Wildman–Crippen LogP) is 3.62. The summed E-state index contributed by atoms with van der Waals surface area (Å²) < 4.78 is 24.6. The van der Waals surface area contributed by atoms with Gasteiger partial charge in [0.25, 0.3) is 0 Å². The van der Waals surface area contributed by atoms with E-state index in [-0.39, 0.29) is 17.1 Å². The molecule has 4 rings (SSSR count). The minimum absolute atomic E-state index is 0.0633. The largest absolute Gasteiger partial charge is 0.492 e. The molecule has 7 heteroatoms. The van der Waals surface area contributed by atoms with Crippen LogP contribution in [0, 0.1) is 12.7 Å². The Morgan fingerprint density at radius 1 is 1.17 bits per heavy atom. The quantitative estimate of drug-likeness (QED) is 0.720. The number of amides is 1. The van der Waals surface area contributed by atoms with Crippen molar-refractivity contribution < 1.29 is 18.7 Å². The molecule has 2 fully saturated rings.